The minimum atomic E-state index is 0.224. The van der Waals surface area contributed by atoms with Gasteiger partial charge in [0.2, 0.25) is 5.91 Å². The van der Waals surface area contributed by atoms with Crippen molar-refractivity contribution >= 4 is 11.6 Å². The molecule has 0 spiro atoms. The number of hydrogen-bond acceptors (Lipinski definition) is 3. The first-order chi connectivity index (χ1) is 12.8. The molecule has 0 bridgehead atoms. The monoisotopic (exact) mass is 350 g/mol. The summed E-state index contributed by atoms with van der Waals surface area (Å²) in [5.41, 5.74) is 4.93. The van der Waals surface area contributed by atoms with Crippen molar-refractivity contribution in [1.29, 1.82) is 0 Å². The Morgan fingerprint density at radius 2 is 1.73 bits per heavy atom. The number of carbonyl (C=O) groups excluding carboxylic acids is 1. The number of fused-ring (bicyclic) bond motifs is 1. The van der Waals surface area contributed by atoms with Gasteiger partial charge < -0.3 is 9.64 Å². The molecular weight excluding hydrogens is 324 g/mol. The highest BCUT2D eigenvalue weighted by atomic mass is 16.5. The number of amides is 1. The fourth-order valence-corrected chi connectivity index (χ4v) is 3.82. The fourth-order valence-electron chi connectivity index (χ4n) is 3.82. The average Bonchev–Trinajstić information content (AvgIpc) is 2.70. The predicted octanol–water partition coefficient (Wildman–Crippen LogP) is 3.04. The highest BCUT2D eigenvalue weighted by Crippen LogP contribution is 2.30. The predicted molar refractivity (Wildman–Crippen MR) is 103 cm³/mol. The van der Waals surface area contributed by atoms with Crippen LogP contribution in [0.25, 0.3) is 0 Å². The van der Waals surface area contributed by atoms with Crippen molar-refractivity contribution in [2.24, 2.45) is 0 Å². The van der Waals surface area contributed by atoms with Crippen LogP contribution >= 0.6 is 0 Å². The van der Waals surface area contributed by atoms with E-state index in [9.17, 15) is 4.79 Å². The molecule has 1 saturated heterocycles. The number of rotatable bonds is 5. The van der Waals surface area contributed by atoms with Gasteiger partial charge >= 0.3 is 0 Å². The van der Waals surface area contributed by atoms with Gasteiger partial charge in [-0.1, -0.05) is 42.5 Å². The first-order valence-electron chi connectivity index (χ1n) is 9.56. The molecule has 0 saturated carbocycles. The maximum absolute atomic E-state index is 12.5. The van der Waals surface area contributed by atoms with Crippen LogP contribution in [0.3, 0.4) is 0 Å². The Hall–Kier alpha value is -2.17. The number of anilines is 1. The number of morpholine rings is 1. The fraction of sp³-hybridized carbons (Fsp3) is 0.409. The summed E-state index contributed by atoms with van der Waals surface area (Å²) in [7, 11) is 0. The van der Waals surface area contributed by atoms with Crippen LogP contribution < -0.4 is 4.90 Å². The van der Waals surface area contributed by atoms with E-state index in [0.717, 1.165) is 51.4 Å². The standard InChI is InChI=1S/C22H26N2O2/c25-22-9-7-20-16-18(10-11-23-12-14-26-15-13-23)6-8-21(20)24(22)17-19-4-2-1-3-5-19/h1-6,8,16H,7,9-15,17H2. The Labute approximate surface area is 155 Å². The van der Waals surface area contributed by atoms with Crippen LogP contribution in [0, 0.1) is 0 Å². The summed E-state index contributed by atoms with van der Waals surface area (Å²) in [6.45, 7) is 5.49. The lowest BCUT2D eigenvalue weighted by atomic mass is 9.97. The molecule has 0 unspecified atom stereocenters. The molecule has 1 amide bonds. The lowest BCUT2D eigenvalue weighted by molar-refractivity contribution is -0.119. The molecule has 0 atom stereocenters. The quantitative estimate of drug-likeness (QED) is 0.831. The minimum Gasteiger partial charge on any atom is -0.379 e. The summed E-state index contributed by atoms with van der Waals surface area (Å²) < 4.78 is 5.42. The summed E-state index contributed by atoms with van der Waals surface area (Å²) in [5, 5.41) is 0. The normalized spacial score (nSPS) is 18.0. The van der Waals surface area contributed by atoms with Crippen molar-refractivity contribution in [3.63, 3.8) is 0 Å². The molecule has 1 fully saturated rings. The van der Waals surface area contributed by atoms with Gasteiger partial charge in [-0.05, 0) is 35.6 Å². The van der Waals surface area contributed by atoms with E-state index in [-0.39, 0.29) is 5.91 Å². The molecule has 2 aliphatic heterocycles. The van der Waals surface area contributed by atoms with Crippen LogP contribution in [0.4, 0.5) is 5.69 Å². The zero-order valence-electron chi connectivity index (χ0n) is 15.2. The van der Waals surface area contributed by atoms with Gasteiger partial charge in [0.05, 0.1) is 19.8 Å². The maximum Gasteiger partial charge on any atom is 0.227 e. The van der Waals surface area contributed by atoms with Gasteiger partial charge in [-0.25, -0.2) is 0 Å². The minimum absolute atomic E-state index is 0.224. The van der Waals surface area contributed by atoms with Gasteiger partial charge in [0.15, 0.2) is 0 Å². The van der Waals surface area contributed by atoms with Crippen LogP contribution in [0.5, 0.6) is 0 Å². The van der Waals surface area contributed by atoms with E-state index < -0.39 is 0 Å². The van der Waals surface area contributed by atoms with Crippen LogP contribution in [-0.2, 0) is 28.9 Å². The zero-order valence-corrected chi connectivity index (χ0v) is 15.2. The highest BCUT2D eigenvalue weighted by Gasteiger charge is 2.24. The van der Waals surface area contributed by atoms with Gasteiger partial charge in [0, 0.05) is 31.7 Å². The summed E-state index contributed by atoms with van der Waals surface area (Å²) in [5.74, 6) is 0.224. The number of benzene rings is 2. The SMILES string of the molecule is O=C1CCc2cc(CCN3CCOCC3)ccc2N1Cc1ccccc1. The molecule has 136 valence electrons. The van der Waals surface area contributed by atoms with E-state index in [0.29, 0.717) is 13.0 Å². The molecule has 0 aliphatic carbocycles. The number of hydrogen-bond donors (Lipinski definition) is 0. The van der Waals surface area contributed by atoms with Crippen LogP contribution in [-0.4, -0.2) is 43.7 Å². The molecule has 2 heterocycles. The van der Waals surface area contributed by atoms with E-state index in [1.54, 1.807) is 0 Å². The molecule has 2 aliphatic rings. The largest absolute Gasteiger partial charge is 0.379 e. The molecule has 0 radical (unpaired) electrons. The third kappa shape index (κ3) is 3.97. The average molecular weight is 350 g/mol. The number of nitrogens with zero attached hydrogens (tertiary/aromatic N) is 2. The second kappa shape index (κ2) is 8.02. The third-order valence-corrected chi connectivity index (χ3v) is 5.35. The van der Waals surface area contributed by atoms with Gasteiger partial charge in [-0.2, -0.15) is 0 Å². The molecule has 4 nitrogen and oxygen atoms in total. The molecule has 2 aromatic carbocycles. The summed E-state index contributed by atoms with van der Waals surface area (Å²) in [6.07, 6.45) is 2.51. The number of carbonyl (C=O) groups is 1. The van der Waals surface area contributed by atoms with Crippen molar-refractivity contribution in [3.8, 4) is 0 Å². The summed E-state index contributed by atoms with van der Waals surface area (Å²) in [4.78, 5) is 16.9. The Balaban J connectivity index is 1.47. The van der Waals surface area contributed by atoms with Crippen molar-refractivity contribution in [1.82, 2.24) is 4.90 Å². The third-order valence-electron chi connectivity index (χ3n) is 5.35. The van der Waals surface area contributed by atoms with Crippen molar-refractivity contribution in [3.05, 3.63) is 65.2 Å². The van der Waals surface area contributed by atoms with Crippen LogP contribution in [0.1, 0.15) is 23.1 Å². The second-order valence-corrected chi connectivity index (χ2v) is 7.13. The maximum atomic E-state index is 12.5. The van der Waals surface area contributed by atoms with Gasteiger partial charge in [0.25, 0.3) is 0 Å². The lowest BCUT2D eigenvalue weighted by Crippen LogP contribution is -2.37. The first kappa shape index (κ1) is 17.3. The van der Waals surface area contributed by atoms with E-state index in [1.807, 2.05) is 23.1 Å². The molecule has 0 N–H and O–H groups in total. The second-order valence-electron chi connectivity index (χ2n) is 7.13. The van der Waals surface area contributed by atoms with E-state index in [1.165, 1.54) is 16.7 Å². The molecule has 4 heteroatoms. The molecule has 4 rings (SSSR count). The summed E-state index contributed by atoms with van der Waals surface area (Å²) >= 11 is 0. The zero-order chi connectivity index (χ0) is 17.8. The van der Waals surface area contributed by atoms with E-state index in [4.69, 9.17) is 4.74 Å². The molecule has 26 heavy (non-hydrogen) atoms. The number of aryl methyl sites for hydroxylation is 1. The molecule has 0 aromatic heterocycles. The van der Waals surface area contributed by atoms with Crippen LogP contribution in [0.2, 0.25) is 0 Å². The van der Waals surface area contributed by atoms with Gasteiger partial charge in [-0.3, -0.25) is 9.69 Å². The van der Waals surface area contributed by atoms with E-state index in [2.05, 4.69) is 35.2 Å². The van der Waals surface area contributed by atoms with Crippen LogP contribution in [0.15, 0.2) is 48.5 Å². The first-order valence-corrected chi connectivity index (χ1v) is 9.56. The Morgan fingerprint density at radius 3 is 2.54 bits per heavy atom. The van der Waals surface area contributed by atoms with Crippen molar-refractivity contribution in [2.45, 2.75) is 25.8 Å². The Bertz CT molecular complexity index is 754. The van der Waals surface area contributed by atoms with E-state index >= 15 is 0 Å². The topological polar surface area (TPSA) is 32.8 Å². The smallest absolute Gasteiger partial charge is 0.227 e. The van der Waals surface area contributed by atoms with Crippen molar-refractivity contribution < 1.29 is 9.53 Å². The Kier molecular flexibility index (Phi) is 5.32. The molecular formula is C22H26N2O2. The highest BCUT2D eigenvalue weighted by molar-refractivity contribution is 5.96. The lowest BCUT2D eigenvalue weighted by Gasteiger charge is -2.30. The number of ether oxygens (including phenoxy) is 1. The van der Waals surface area contributed by atoms with Crippen molar-refractivity contribution in [2.75, 3.05) is 37.7 Å². The molecule has 2 aromatic rings. The van der Waals surface area contributed by atoms with Gasteiger partial charge in [0.1, 0.15) is 0 Å². The Morgan fingerprint density at radius 1 is 0.923 bits per heavy atom. The van der Waals surface area contributed by atoms with Gasteiger partial charge in [-0.15, -0.1) is 0 Å². The summed E-state index contributed by atoms with van der Waals surface area (Å²) in [6, 6.07) is 16.9.